The molecule has 11 N–H and O–H groups in total. The van der Waals surface area contributed by atoms with Gasteiger partial charge in [0.2, 0.25) is 23.8 Å². The van der Waals surface area contributed by atoms with Crippen LogP contribution in [0.1, 0.15) is 0 Å². The Morgan fingerprint density at radius 3 is 1.82 bits per heavy atom. The van der Waals surface area contributed by atoms with Gasteiger partial charge in [0, 0.05) is 17.7 Å². The Kier molecular flexibility index (Phi) is 8.87. The number of hydrogen-bond donors (Lipinski definition) is 11. The molecule has 2 aliphatic heterocycles. The molecule has 2 saturated heterocycles. The molecule has 240 valence electrons. The number of phenolic OH excluding ortho intramolecular Hbond substituents is 3. The summed E-state index contributed by atoms with van der Waals surface area (Å²) in [6, 6.07) is 5.20. The van der Waals surface area contributed by atoms with Gasteiger partial charge in [-0.05, 0) is 18.2 Å². The van der Waals surface area contributed by atoms with Gasteiger partial charge in [-0.15, -0.1) is 0 Å². The Morgan fingerprint density at radius 1 is 0.682 bits per heavy atom. The summed E-state index contributed by atoms with van der Waals surface area (Å²) in [5.41, 5.74) is -1.49. The van der Waals surface area contributed by atoms with Gasteiger partial charge in [0.25, 0.3) is 0 Å². The predicted octanol–water partition coefficient (Wildman–Crippen LogP) is -3.07. The van der Waals surface area contributed by atoms with Gasteiger partial charge in [-0.1, -0.05) is 0 Å². The topological polar surface area (TPSA) is 290 Å². The van der Waals surface area contributed by atoms with Crippen LogP contribution >= 0.6 is 0 Å². The van der Waals surface area contributed by atoms with E-state index in [-0.39, 0.29) is 11.1 Å². The molecule has 0 aliphatic carbocycles. The third-order valence-electron chi connectivity index (χ3n) is 7.31. The zero-order chi connectivity index (χ0) is 32.0. The first-order chi connectivity index (χ1) is 20.9. The molecule has 44 heavy (non-hydrogen) atoms. The molecule has 10 atom stereocenters. The van der Waals surface area contributed by atoms with Crippen LogP contribution in [0.15, 0.2) is 39.5 Å². The van der Waals surface area contributed by atoms with Crippen LogP contribution in [-0.2, 0) is 9.47 Å². The van der Waals surface area contributed by atoms with E-state index in [1.54, 1.807) is 0 Å². The second kappa shape index (κ2) is 12.3. The highest BCUT2D eigenvalue weighted by atomic mass is 16.7. The van der Waals surface area contributed by atoms with Crippen molar-refractivity contribution in [1.29, 1.82) is 0 Å². The lowest BCUT2D eigenvalue weighted by Crippen LogP contribution is -2.60. The van der Waals surface area contributed by atoms with Gasteiger partial charge in [-0.2, -0.15) is 0 Å². The molecule has 0 bridgehead atoms. The molecular formula is C27H30O17. The van der Waals surface area contributed by atoms with Gasteiger partial charge in [-0.25, -0.2) is 0 Å². The minimum absolute atomic E-state index is 0.0937. The highest BCUT2D eigenvalue weighted by Crippen LogP contribution is 2.40. The highest BCUT2D eigenvalue weighted by Gasteiger charge is 2.46. The van der Waals surface area contributed by atoms with Crippen molar-refractivity contribution in [1.82, 2.24) is 0 Å². The first-order valence-electron chi connectivity index (χ1n) is 13.2. The molecule has 0 radical (unpaired) electrons. The van der Waals surface area contributed by atoms with Crippen LogP contribution in [-0.4, -0.2) is 131 Å². The Morgan fingerprint density at radius 2 is 1.25 bits per heavy atom. The minimum Gasteiger partial charge on any atom is -0.508 e. The predicted molar refractivity (Wildman–Crippen MR) is 142 cm³/mol. The Bertz CT molecular complexity index is 1550. The van der Waals surface area contributed by atoms with Crippen LogP contribution in [0.2, 0.25) is 0 Å². The number of aliphatic hydroxyl groups is 8. The average Bonchev–Trinajstić information content (AvgIpc) is 2.99. The van der Waals surface area contributed by atoms with Crippen molar-refractivity contribution in [2.75, 3.05) is 13.2 Å². The molecule has 17 nitrogen and oxygen atoms in total. The van der Waals surface area contributed by atoms with E-state index in [0.717, 1.165) is 24.3 Å². The molecule has 5 rings (SSSR count). The van der Waals surface area contributed by atoms with Gasteiger partial charge in [0.05, 0.1) is 13.2 Å². The lowest BCUT2D eigenvalue weighted by Gasteiger charge is -2.39. The van der Waals surface area contributed by atoms with E-state index in [4.69, 9.17) is 23.4 Å². The maximum absolute atomic E-state index is 13.6. The van der Waals surface area contributed by atoms with Crippen LogP contribution in [0.4, 0.5) is 0 Å². The van der Waals surface area contributed by atoms with E-state index >= 15 is 0 Å². The first-order valence-corrected chi connectivity index (χ1v) is 13.2. The van der Waals surface area contributed by atoms with Gasteiger partial charge < -0.3 is 79.5 Å². The van der Waals surface area contributed by atoms with Crippen molar-refractivity contribution >= 4 is 11.0 Å². The summed E-state index contributed by atoms with van der Waals surface area (Å²) in [5, 5.41) is 111. The SMILES string of the molecule is O=c1c(O[C@@H]2OC(CO)[C@@H](O)C(O)C2O)c(-c2ccc(O)c(O[C@@H]3OC(CO)[C@@H](O)[C@H](O)C3O)c2)oc2cc(O)cc(O)c12. The average molecular weight is 627 g/mol. The number of aliphatic hydroxyl groups excluding tert-OH is 8. The van der Waals surface area contributed by atoms with Crippen LogP contribution in [0, 0.1) is 0 Å². The molecule has 0 amide bonds. The van der Waals surface area contributed by atoms with Crippen molar-refractivity contribution < 1.29 is 79.5 Å². The Hall–Kier alpha value is -3.75. The number of phenols is 3. The van der Waals surface area contributed by atoms with E-state index in [9.17, 15) is 61.0 Å². The number of ether oxygens (including phenoxy) is 4. The fourth-order valence-electron chi connectivity index (χ4n) is 4.89. The second-order valence-corrected chi connectivity index (χ2v) is 10.2. The van der Waals surface area contributed by atoms with Crippen molar-refractivity contribution in [2.24, 2.45) is 0 Å². The quantitative estimate of drug-likeness (QED) is 0.124. The van der Waals surface area contributed by atoms with Crippen LogP contribution in [0.25, 0.3) is 22.3 Å². The molecule has 0 spiro atoms. The lowest BCUT2D eigenvalue weighted by atomic mass is 9.99. The highest BCUT2D eigenvalue weighted by molar-refractivity contribution is 5.88. The first kappa shape index (κ1) is 31.7. The number of fused-ring (bicyclic) bond motifs is 1. The van der Waals surface area contributed by atoms with Crippen LogP contribution in [0.5, 0.6) is 28.7 Å². The molecule has 2 aliphatic rings. The van der Waals surface area contributed by atoms with E-state index in [1.807, 2.05) is 0 Å². The zero-order valence-electron chi connectivity index (χ0n) is 22.4. The summed E-state index contributed by atoms with van der Waals surface area (Å²) in [6.45, 7) is -1.56. The second-order valence-electron chi connectivity index (χ2n) is 10.2. The molecule has 17 heteroatoms. The summed E-state index contributed by atoms with van der Waals surface area (Å²) < 4.78 is 27.6. The molecule has 3 heterocycles. The normalized spacial score (nSPS) is 32.5. The number of aromatic hydroxyl groups is 3. The zero-order valence-corrected chi connectivity index (χ0v) is 22.4. The monoisotopic (exact) mass is 626 g/mol. The third-order valence-corrected chi connectivity index (χ3v) is 7.31. The smallest absolute Gasteiger partial charge is 0.239 e. The van der Waals surface area contributed by atoms with E-state index in [2.05, 4.69) is 0 Å². The summed E-state index contributed by atoms with van der Waals surface area (Å²) >= 11 is 0. The van der Waals surface area contributed by atoms with E-state index in [0.29, 0.717) is 0 Å². The molecule has 2 aromatic carbocycles. The largest absolute Gasteiger partial charge is 0.508 e. The van der Waals surface area contributed by atoms with Crippen LogP contribution < -0.4 is 14.9 Å². The standard InChI is InChI=1S/C27H30O17/c28-6-14-17(33)20(36)22(38)26(42-14)41-12-3-8(1-2-10(12)31)24-25(19(35)16-11(32)4-9(30)5-13(16)40-24)44-27-23(39)21(37)18(34)15(7-29)43-27/h1-5,14-15,17-18,20-23,26-34,36-39H,6-7H2/t14?,15?,17-,18-,20+,21?,22?,23?,26-,27+/m1/s1. The fourth-order valence-corrected chi connectivity index (χ4v) is 4.89. The molecule has 5 unspecified atom stereocenters. The summed E-state index contributed by atoms with van der Waals surface area (Å²) in [7, 11) is 0. The van der Waals surface area contributed by atoms with E-state index < -0.39 is 120 Å². The molecule has 3 aromatic rings. The van der Waals surface area contributed by atoms with Crippen molar-refractivity contribution in [3.05, 3.63) is 40.6 Å². The van der Waals surface area contributed by atoms with Gasteiger partial charge in [0.1, 0.15) is 71.3 Å². The maximum atomic E-state index is 13.6. The van der Waals surface area contributed by atoms with E-state index in [1.165, 1.54) is 6.07 Å². The molecule has 0 saturated carbocycles. The number of hydrogen-bond acceptors (Lipinski definition) is 17. The molecule has 2 fully saturated rings. The van der Waals surface area contributed by atoms with Gasteiger partial charge in [0.15, 0.2) is 17.3 Å². The minimum atomic E-state index is -1.95. The fraction of sp³-hybridized carbons (Fsp3) is 0.444. The lowest BCUT2D eigenvalue weighted by molar-refractivity contribution is -0.277. The van der Waals surface area contributed by atoms with Crippen molar-refractivity contribution in [3.8, 4) is 40.1 Å². The Balaban J connectivity index is 1.60. The Labute approximate surface area is 246 Å². The number of benzene rings is 2. The summed E-state index contributed by atoms with van der Waals surface area (Å²) in [4.78, 5) is 13.6. The van der Waals surface area contributed by atoms with Crippen LogP contribution in [0.3, 0.4) is 0 Å². The van der Waals surface area contributed by atoms with Gasteiger partial charge in [-0.3, -0.25) is 4.79 Å². The van der Waals surface area contributed by atoms with Crippen molar-refractivity contribution in [2.45, 2.75) is 61.4 Å². The summed E-state index contributed by atoms with van der Waals surface area (Å²) in [6.07, 6.45) is -17.2. The molecule has 1 aromatic heterocycles. The van der Waals surface area contributed by atoms with Gasteiger partial charge >= 0.3 is 0 Å². The third kappa shape index (κ3) is 5.61. The number of rotatable bonds is 7. The molecular weight excluding hydrogens is 596 g/mol. The maximum Gasteiger partial charge on any atom is 0.239 e. The van der Waals surface area contributed by atoms with Crippen molar-refractivity contribution in [3.63, 3.8) is 0 Å². The summed E-state index contributed by atoms with van der Waals surface area (Å²) in [5.74, 6) is -3.34.